The van der Waals surface area contributed by atoms with Crippen LogP contribution in [0.3, 0.4) is 0 Å². The minimum atomic E-state index is 0.0662. The molecule has 3 aliphatic rings. The number of carbonyl (C=O) groups excluding carboxylic acids is 1. The predicted molar refractivity (Wildman–Crippen MR) is 117 cm³/mol. The number of carbonyl (C=O) groups is 1. The summed E-state index contributed by atoms with van der Waals surface area (Å²) in [5, 5.41) is 11.9. The van der Waals surface area contributed by atoms with Crippen molar-refractivity contribution in [2.45, 2.75) is 38.6 Å². The molecule has 1 spiro atoms. The first kappa shape index (κ1) is 18.9. The number of hydrogen-bond acceptors (Lipinski definition) is 5. The Morgan fingerprint density at radius 3 is 2.90 bits per heavy atom. The summed E-state index contributed by atoms with van der Waals surface area (Å²) >= 11 is 0. The van der Waals surface area contributed by atoms with Crippen molar-refractivity contribution in [2.24, 2.45) is 18.4 Å². The van der Waals surface area contributed by atoms with Gasteiger partial charge in [0.25, 0.3) is 0 Å². The second-order valence-electron chi connectivity index (χ2n) is 9.31. The van der Waals surface area contributed by atoms with E-state index in [9.17, 15) is 4.79 Å². The average Bonchev–Trinajstić information content (AvgIpc) is 3.66. The number of anilines is 1. The quantitative estimate of drug-likeness (QED) is 0.636. The van der Waals surface area contributed by atoms with E-state index in [4.69, 9.17) is 4.74 Å². The Hall–Kier alpha value is -2.87. The molecule has 0 aromatic carbocycles. The van der Waals surface area contributed by atoms with E-state index in [0.717, 1.165) is 41.9 Å². The van der Waals surface area contributed by atoms with E-state index in [2.05, 4.69) is 33.4 Å². The highest BCUT2D eigenvalue weighted by Crippen LogP contribution is 2.57. The van der Waals surface area contributed by atoms with Gasteiger partial charge in [0.05, 0.1) is 17.8 Å². The fourth-order valence-corrected chi connectivity index (χ4v) is 4.96. The number of fused-ring (bicyclic) bond motifs is 1. The molecule has 2 saturated carbocycles. The molecule has 6 rings (SSSR count). The molecule has 31 heavy (non-hydrogen) atoms. The van der Waals surface area contributed by atoms with E-state index in [-0.39, 0.29) is 11.8 Å². The van der Waals surface area contributed by atoms with Crippen LogP contribution in [0, 0.1) is 11.3 Å². The van der Waals surface area contributed by atoms with Gasteiger partial charge in [-0.2, -0.15) is 10.2 Å². The summed E-state index contributed by atoms with van der Waals surface area (Å²) < 4.78 is 9.97. The Kier molecular flexibility index (Phi) is 4.15. The van der Waals surface area contributed by atoms with Crippen LogP contribution in [0.1, 0.15) is 32.6 Å². The molecule has 1 saturated heterocycles. The lowest BCUT2D eigenvalue weighted by molar-refractivity contribution is -0.117. The smallest absolute Gasteiger partial charge is 0.228 e. The van der Waals surface area contributed by atoms with Crippen LogP contribution in [0.15, 0.2) is 30.6 Å². The SMILES string of the molecule is CCN1CC2(CC2)[C@H]1COc1cnn(C)c1-c1ccn2nc(NC(=O)C3CC3)cc2c1. The van der Waals surface area contributed by atoms with Gasteiger partial charge in [-0.1, -0.05) is 6.92 Å². The van der Waals surface area contributed by atoms with Crippen LogP contribution in [-0.4, -0.2) is 55.9 Å². The van der Waals surface area contributed by atoms with Gasteiger partial charge in [-0.25, -0.2) is 4.52 Å². The molecular formula is C23H28N6O2. The van der Waals surface area contributed by atoms with E-state index in [1.165, 1.54) is 19.4 Å². The Labute approximate surface area is 181 Å². The molecule has 1 amide bonds. The van der Waals surface area contributed by atoms with Crippen molar-refractivity contribution in [2.75, 3.05) is 25.0 Å². The molecule has 0 unspecified atom stereocenters. The molecule has 1 aliphatic heterocycles. The normalized spacial score (nSPS) is 21.9. The Bertz CT molecular complexity index is 1160. The highest BCUT2D eigenvalue weighted by molar-refractivity contribution is 5.93. The minimum Gasteiger partial charge on any atom is -0.488 e. The molecule has 3 aromatic rings. The number of nitrogens with zero attached hydrogens (tertiary/aromatic N) is 5. The third-order valence-corrected chi connectivity index (χ3v) is 7.20. The summed E-state index contributed by atoms with van der Waals surface area (Å²) in [6, 6.07) is 6.50. The second kappa shape index (κ2) is 6.82. The summed E-state index contributed by atoms with van der Waals surface area (Å²) in [4.78, 5) is 14.6. The van der Waals surface area contributed by atoms with Crippen molar-refractivity contribution in [3.05, 3.63) is 30.6 Å². The van der Waals surface area contributed by atoms with Crippen LogP contribution in [0.4, 0.5) is 5.82 Å². The van der Waals surface area contributed by atoms with Crippen LogP contribution in [-0.2, 0) is 11.8 Å². The van der Waals surface area contributed by atoms with E-state index >= 15 is 0 Å². The Morgan fingerprint density at radius 2 is 2.16 bits per heavy atom. The summed E-state index contributed by atoms with van der Waals surface area (Å²) in [7, 11) is 1.94. The van der Waals surface area contributed by atoms with Gasteiger partial charge >= 0.3 is 0 Å². The van der Waals surface area contributed by atoms with Crippen molar-refractivity contribution < 1.29 is 9.53 Å². The number of aromatic nitrogens is 4. The Balaban J connectivity index is 1.23. The molecule has 8 nitrogen and oxygen atoms in total. The first-order chi connectivity index (χ1) is 15.1. The molecule has 1 atom stereocenters. The number of hydrogen-bond donors (Lipinski definition) is 1. The van der Waals surface area contributed by atoms with Crippen LogP contribution in [0.2, 0.25) is 0 Å². The number of amides is 1. The van der Waals surface area contributed by atoms with Crippen molar-refractivity contribution in [1.82, 2.24) is 24.3 Å². The third-order valence-electron chi connectivity index (χ3n) is 7.20. The molecule has 4 heterocycles. The number of rotatable bonds is 7. The number of pyridine rings is 1. The molecule has 3 fully saturated rings. The fourth-order valence-electron chi connectivity index (χ4n) is 4.96. The third kappa shape index (κ3) is 3.20. The highest BCUT2D eigenvalue weighted by atomic mass is 16.5. The molecular weight excluding hydrogens is 392 g/mol. The number of nitrogens with one attached hydrogen (secondary N) is 1. The van der Waals surface area contributed by atoms with Crippen LogP contribution in [0.25, 0.3) is 16.8 Å². The van der Waals surface area contributed by atoms with E-state index in [0.29, 0.717) is 23.9 Å². The van der Waals surface area contributed by atoms with E-state index in [1.807, 2.05) is 36.3 Å². The van der Waals surface area contributed by atoms with Gasteiger partial charge in [0, 0.05) is 42.8 Å². The predicted octanol–water partition coefficient (Wildman–Crippen LogP) is 2.95. The van der Waals surface area contributed by atoms with E-state index in [1.54, 1.807) is 4.52 Å². The summed E-state index contributed by atoms with van der Waals surface area (Å²) in [6.45, 7) is 5.22. The molecule has 162 valence electrons. The lowest BCUT2D eigenvalue weighted by Crippen LogP contribution is -2.60. The van der Waals surface area contributed by atoms with Gasteiger partial charge in [0.15, 0.2) is 11.6 Å². The van der Waals surface area contributed by atoms with Gasteiger partial charge in [-0.15, -0.1) is 0 Å². The minimum absolute atomic E-state index is 0.0662. The molecule has 1 N–H and O–H groups in total. The van der Waals surface area contributed by atoms with Gasteiger partial charge in [0.1, 0.15) is 12.3 Å². The van der Waals surface area contributed by atoms with Gasteiger partial charge in [-0.3, -0.25) is 14.4 Å². The summed E-state index contributed by atoms with van der Waals surface area (Å²) in [5.74, 6) is 1.63. The summed E-state index contributed by atoms with van der Waals surface area (Å²) in [5.41, 5.74) is 3.41. The van der Waals surface area contributed by atoms with Crippen LogP contribution in [0.5, 0.6) is 5.75 Å². The van der Waals surface area contributed by atoms with Crippen molar-refractivity contribution in [1.29, 1.82) is 0 Å². The van der Waals surface area contributed by atoms with Crippen LogP contribution < -0.4 is 10.1 Å². The van der Waals surface area contributed by atoms with Crippen molar-refractivity contribution in [3.8, 4) is 17.0 Å². The van der Waals surface area contributed by atoms with Gasteiger partial charge in [0.2, 0.25) is 5.91 Å². The van der Waals surface area contributed by atoms with E-state index < -0.39 is 0 Å². The van der Waals surface area contributed by atoms with Crippen molar-refractivity contribution in [3.63, 3.8) is 0 Å². The first-order valence-corrected chi connectivity index (χ1v) is 11.3. The molecule has 8 heteroatoms. The molecule has 2 aliphatic carbocycles. The number of aryl methyl sites for hydroxylation is 1. The standard InChI is InChI=1S/C23H28N6O2/c1-3-28-14-23(7-8-23)19(28)13-31-18-12-24-27(2)21(18)16-6-9-29-17(10-16)11-20(26-29)25-22(30)15-4-5-15/h6,9-12,15,19H,3-5,7-8,13-14H2,1-2H3,(H,25,26,30)/t19-/m1/s1. The zero-order valence-corrected chi connectivity index (χ0v) is 18.0. The zero-order chi connectivity index (χ0) is 21.2. The lowest BCUT2D eigenvalue weighted by atomic mass is 9.85. The largest absolute Gasteiger partial charge is 0.488 e. The maximum absolute atomic E-state index is 12.1. The lowest BCUT2D eigenvalue weighted by Gasteiger charge is -2.48. The highest BCUT2D eigenvalue weighted by Gasteiger charge is 2.59. The second-order valence-corrected chi connectivity index (χ2v) is 9.31. The van der Waals surface area contributed by atoms with Crippen LogP contribution >= 0.6 is 0 Å². The molecule has 3 aromatic heterocycles. The number of likely N-dealkylation sites (N-methyl/N-ethyl adjacent to an activating group) is 1. The fraction of sp³-hybridized carbons (Fsp3) is 0.522. The van der Waals surface area contributed by atoms with Gasteiger partial charge in [-0.05, 0) is 44.4 Å². The number of ether oxygens (including phenoxy) is 1. The molecule has 0 radical (unpaired) electrons. The maximum atomic E-state index is 12.1. The van der Waals surface area contributed by atoms with Crippen molar-refractivity contribution >= 4 is 17.2 Å². The summed E-state index contributed by atoms with van der Waals surface area (Å²) in [6.07, 6.45) is 8.34. The topological polar surface area (TPSA) is 76.7 Å². The average molecular weight is 421 g/mol. The maximum Gasteiger partial charge on any atom is 0.228 e. The Morgan fingerprint density at radius 1 is 1.32 bits per heavy atom. The van der Waals surface area contributed by atoms with Gasteiger partial charge < -0.3 is 10.1 Å². The number of likely N-dealkylation sites (tertiary alicyclic amines) is 1. The molecule has 0 bridgehead atoms. The first-order valence-electron chi connectivity index (χ1n) is 11.3. The zero-order valence-electron chi connectivity index (χ0n) is 18.0. The monoisotopic (exact) mass is 420 g/mol.